The van der Waals surface area contributed by atoms with Crippen LogP contribution in [0.2, 0.25) is 0 Å². The van der Waals surface area contributed by atoms with Gasteiger partial charge in [-0.3, -0.25) is 9.59 Å². The molecule has 1 atom stereocenters. The van der Waals surface area contributed by atoms with Crippen LogP contribution in [0.3, 0.4) is 0 Å². The second-order valence-corrected chi connectivity index (χ2v) is 4.65. The Kier molecular flexibility index (Phi) is 4.15. The van der Waals surface area contributed by atoms with Crippen molar-refractivity contribution in [2.75, 3.05) is 19.6 Å². The molecule has 0 bridgehead atoms. The molecule has 1 aliphatic heterocycles. The summed E-state index contributed by atoms with van der Waals surface area (Å²) in [4.78, 5) is 27.9. The average molecular weight is 249 g/mol. The van der Waals surface area contributed by atoms with Crippen molar-refractivity contribution in [2.24, 2.45) is 0 Å². The summed E-state index contributed by atoms with van der Waals surface area (Å²) in [6, 6.07) is 3.14. The number of rotatable bonds is 3. The van der Waals surface area contributed by atoms with Gasteiger partial charge in [-0.2, -0.15) is 0 Å². The average Bonchev–Trinajstić information content (AvgIpc) is 2.39. The number of amides is 1. The van der Waals surface area contributed by atoms with Gasteiger partial charge in [-0.15, -0.1) is 0 Å². The van der Waals surface area contributed by atoms with Crippen molar-refractivity contribution in [3.05, 3.63) is 34.2 Å². The zero-order valence-corrected chi connectivity index (χ0v) is 10.6. The van der Waals surface area contributed by atoms with E-state index in [2.05, 4.69) is 22.1 Å². The number of pyridine rings is 1. The van der Waals surface area contributed by atoms with Gasteiger partial charge in [-0.05, 0) is 32.0 Å². The van der Waals surface area contributed by atoms with Crippen LogP contribution in [0.15, 0.2) is 23.1 Å². The fraction of sp³-hybridized carbons (Fsp3) is 0.538. The van der Waals surface area contributed by atoms with Gasteiger partial charge in [0.25, 0.3) is 5.91 Å². The van der Waals surface area contributed by atoms with E-state index in [4.69, 9.17) is 0 Å². The van der Waals surface area contributed by atoms with E-state index in [0.717, 1.165) is 32.5 Å². The molecule has 1 amide bonds. The molecule has 5 heteroatoms. The Balaban J connectivity index is 1.97. The highest BCUT2D eigenvalue weighted by atomic mass is 16.2. The Hall–Kier alpha value is -1.62. The van der Waals surface area contributed by atoms with Crippen LogP contribution in [0.1, 0.15) is 30.1 Å². The largest absolute Gasteiger partial charge is 0.348 e. The fourth-order valence-electron chi connectivity index (χ4n) is 2.32. The summed E-state index contributed by atoms with van der Waals surface area (Å²) in [5, 5.41) is 2.99. The molecule has 2 rings (SSSR count). The van der Waals surface area contributed by atoms with Gasteiger partial charge in [0.2, 0.25) is 5.56 Å². The van der Waals surface area contributed by atoms with Crippen molar-refractivity contribution >= 4 is 5.91 Å². The predicted molar refractivity (Wildman–Crippen MR) is 69.7 cm³/mol. The number of hydrogen-bond acceptors (Lipinski definition) is 3. The molecule has 2 heterocycles. The van der Waals surface area contributed by atoms with E-state index in [-0.39, 0.29) is 17.5 Å². The molecular formula is C13H19N3O2. The molecule has 0 aliphatic carbocycles. The van der Waals surface area contributed by atoms with Gasteiger partial charge in [0.15, 0.2) is 0 Å². The molecule has 1 aromatic rings. The van der Waals surface area contributed by atoms with Gasteiger partial charge in [-0.25, -0.2) is 0 Å². The minimum absolute atomic E-state index is 0.163. The Labute approximate surface area is 106 Å². The molecule has 5 nitrogen and oxygen atoms in total. The first kappa shape index (κ1) is 12.8. The van der Waals surface area contributed by atoms with Crippen LogP contribution in [-0.2, 0) is 0 Å². The van der Waals surface area contributed by atoms with Crippen LogP contribution in [0.25, 0.3) is 0 Å². The number of nitrogens with one attached hydrogen (secondary N) is 2. The van der Waals surface area contributed by atoms with E-state index >= 15 is 0 Å². The third kappa shape index (κ3) is 3.20. The lowest BCUT2D eigenvalue weighted by molar-refractivity contribution is 0.0905. The number of nitrogens with zero attached hydrogens (tertiary/aromatic N) is 1. The number of aromatic nitrogens is 1. The van der Waals surface area contributed by atoms with Gasteiger partial charge in [0.05, 0.1) is 0 Å². The maximum Gasteiger partial charge on any atom is 0.251 e. The van der Waals surface area contributed by atoms with Gasteiger partial charge in [0, 0.05) is 30.4 Å². The maximum absolute atomic E-state index is 12.0. The van der Waals surface area contributed by atoms with Crippen LogP contribution < -0.4 is 10.9 Å². The Morgan fingerprint density at radius 1 is 1.61 bits per heavy atom. The third-order valence-corrected chi connectivity index (χ3v) is 3.33. The summed E-state index contributed by atoms with van der Waals surface area (Å²) in [5.41, 5.74) is 0.175. The zero-order valence-electron chi connectivity index (χ0n) is 10.6. The number of likely N-dealkylation sites (tertiary alicyclic amines) is 1. The molecule has 0 saturated carbocycles. The molecule has 98 valence electrons. The monoisotopic (exact) mass is 249 g/mol. The zero-order chi connectivity index (χ0) is 13.0. The van der Waals surface area contributed by atoms with Gasteiger partial charge in [-0.1, -0.05) is 6.92 Å². The van der Waals surface area contributed by atoms with Crippen molar-refractivity contribution in [1.82, 2.24) is 15.2 Å². The smallest absolute Gasteiger partial charge is 0.251 e. The van der Waals surface area contributed by atoms with Crippen LogP contribution >= 0.6 is 0 Å². The lowest BCUT2D eigenvalue weighted by Gasteiger charge is -2.32. The molecule has 1 saturated heterocycles. The highest BCUT2D eigenvalue weighted by molar-refractivity contribution is 5.94. The van der Waals surface area contributed by atoms with Crippen molar-refractivity contribution in [2.45, 2.75) is 25.8 Å². The number of hydrogen-bond donors (Lipinski definition) is 2. The third-order valence-electron chi connectivity index (χ3n) is 3.33. The second-order valence-electron chi connectivity index (χ2n) is 4.65. The normalized spacial score (nSPS) is 20.6. The minimum Gasteiger partial charge on any atom is -0.348 e. The molecule has 1 aromatic heterocycles. The van der Waals surface area contributed by atoms with E-state index in [1.54, 1.807) is 6.07 Å². The van der Waals surface area contributed by atoms with Crippen molar-refractivity contribution < 1.29 is 4.79 Å². The SMILES string of the molecule is CCN1CCCC(NC(=O)c2cc[nH]c(=O)c2)C1. The van der Waals surface area contributed by atoms with Crippen LogP contribution in [0.5, 0.6) is 0 Å². The minimum atomic E-state index is -0.249. The molecule has 0 spiro atoms. The predicted octanol–water partition coefficient (Wildman–Crippen LogP) is 0.589. The fourth-order valence-corrected chi connectivity index (χ4v) is 2.32. The first-order valence-electron chi connectivity index (χ1n) is 6.41. The first-order chi connectivity index (χ1) is 8.69. The molecule has 0 aromatic carbocycles. The lowest BCUT2D eigenvalue weighted by Crippen LogP contribution is -2.47. The van der Waals surface area contributed by atoms with E-state index in [1.807, 2.05) is 0 Å². The van der Waals surface area contributed by atoms with Crippen LogP contribution in [0, 0.1) is 0 Å². The van der Waals surface area contributed by atoms with Gasteiger partial charge >= 0.3 is 0 Å². The summed E-state index contributed by atoms with van der Waals surface area (Å²) in [6.45, 7) is 5.14. The first-order valence-corrected chi connectivity index (χ1v) is 6.41. The Bertz CT molecular complexity index is 469. The summed E-state index contributed by atoms with van der Waals surface area (Å²) in [5.74, 6) is -0.163. The number of carbonyl (C=O) groups is 1. The quantitative estimate of drug-likeness (QED) is 0.824. The van der Waals surface area contributed by atoms with Crippen LogP contribution in [-0.4, -0.2) is 41.5 Å². The number of likely N-dealkylation sites (N-methyl/N-ethyl adjacent to an activating group) is 1. The van der Waals surface area contributed by atoms with E-state index in [1.165, 1.54) is 12.3 Å². The maximum atomic E-state index is 12.0. The summed E-state index contributed by atoms with van der Waals surface area (Å²) in [7, 11) is 0. The van der Waals surface area contributed by atoms with Crippen molar-refractivity contribution in [3.63, 3.8) is 0 Å². The molecule has 2 N–H and O–H groups in total. The lowest BCUT2D eigenvalue weighted by atomic mass is 10.1. The van der Waals surface area contributed by atoms with Crippen molar-refractivity contribution in [3.8, 4) is 0 Å². The highest BCUT2D eigenvalue weighted by Crippen LogP contribution is 2.10. The van der Waals surface area contributed by atoms with Gasteiger partial charge in [0.1, 0.15) is 0 Å². The summed E-state index contributed by atoms with van der Waals surface area (Å²) < 4.78 is 0. The molecule has 18 heavy (non-hydrogen) atoms. The van der Waals surface area contributed by atoms with Gasteiger partial charge < -0.3 is 15.2 Å². The van der Waals surface area contributed by atoms with E-state index < -0.39 is 0 Å². The van der Waals surface area contributed by atoms with Crippen LogP contribution in [0.4, 0.5) is 0 Å². The molecular weight excluding hydrogens is 230 g/mol. The molecule has 1 unspecified atom stereocenters. The standard InChI is InChI=1S/C13H19N3O2/c1-2-16-7-3-4-11(9-16)15-13(18)10-5-6-14-12(17)8-10/h5-6,8,11H,2-4,7,9H2,1H3,(H,14,17)(H,15,18). The number of H-pyrrole nitrogens is 1. The highest BCUT2D eigenvalue weighted by Gasteiger charge is 2.20. The van der Waals surface area contributed by atoms with E-state index in [0.29, 0.717) is 5.56 Å². The second kappa shape index (κ2) is 5.82. The number of piperidine rings is 1. The van der Waals surface area contributed by atoms with Crippen molar-refractivity contribution in [1.29, 1.82) is 0 Å². The Morgan fingerprint density at radius 2 is 2.44 bits per heavy atom. The molecule has 1 aliphatic rings. The molecule has 0 radical (unpaired) electrons. The summed E-state index contributed by atoms with van der Waals surface area (Å²) in [6.07, 6.45) is 3.61. The Morgan fingerprint density at radius 3 is 3.17 bits per heavy atom. The summed E-state index contributed by atoms with van der Waals surface area (Å²) >= 11 is 0. The number of aromatic amines is 1. The molecule has 1 fully saturated rings. The topological polar surface area (TPSA) is 65.2 Å². The van der Waals surface area contributed by atoms with E-state index in [9.17, 15) is 9.59 Å². The number of carbonyl (C=O) groups excluding carboxylic acids is 1.